The summed E-state index contributed by atoms with van der Waals surface area (Å²) in [6.07, 6.45) is -0.867. The van der Waals surface area contributed by atoms with Gasteiger partial charge in [0.15, 0.2) is 5.13 Å². The molecule has 3 aliphatic carbocycles. The molecule has 0 saturated carbocycles. The van der Waals surface area contributed by atoms with E-state index in [2.05, 4.69) is 10.3 Å². The van der Waals surface area contributed by atoms with E-state index in [-0.39, 0.29) is 23.2 Å². The molecule has 8 heteroatoms. The molecular formula is C28H23N3O4S. The Hall–Kier alpha value is -3.88. The Labute approximate surface area is 211 Å². The van der Waals surface area contributed by atoms with Crippen LogP contribution in [0.4, 0.5) is 5.13 Å². The lowest BCUT2D eigenvalue weighted by molar-refractivity contribution is -0.573. The maximum absolute atomic E-state index is 13.9. The summed E-state index contributed by atoms with van der Waals surface area (Å²) in [5, 5.41) is 28.5. The van der Waals surface area contributed by atoms with E-state index in [4.69, 9.17) is 0 Å². The van der Waals surface area contributed by atoms with Crippen LogP contribution < -0.4 is 5.32 Å². The van der Waals surface area contributed by atoms with Crippen LogP contribution in [0, 0.1) is 15.5 Å². The van der Waals surface area contributed by atoms with E-state index in [9.17, 15) is 20.0 Å². The summed E-state index contributed by atoms with van der Waals surface area (Å²) in [6, 6.07) is 24.0. The number of nitro groups is 1. The van der Waals surface area contributed by atoms with Gasteiger partial charge >= 0.3 is 0 Å². The molecule has 0 fully saturated rings. The maximum Gasteiger partial charge on any atom is 0.273 e. The molecule has 3 aliphatic rings. The van der Waals surface area contributed by atoms with Crippen molar-refractivity contribution in [1.82, 2.24) is 4.98 Å². The third-order valence-electron chi connectivity index (χ3n) is 7.66. The lowest BCUT2D eigenvalue weighted by Gasteiger charge is -2.52. The normalized spacial score (nSPS) is 24.4. The Balaban J connectivity index is 1.39. The van der Waals surface area contributed by atoms with Gasteiger partial charge in [-0.2, -0.15) is 0 Å². The lowest BCUT2D eigenvalue weighted by atomic mass is 9.49. The lowest BCUT2D eigenvalue weighted by Crippen LogP contribution is -2.57. The highest BCUT2D eigenvalue weighted by Crippen LogP contribution is 2.64. The van der Waals surface area contributed by atoms with Crippen molar-refractivity contribution in [1.29, 1.82) is 0 Å². The molecule has 1 amide bonds. The standard InChI is InChI=1S/C28H23N3O4S/c1-27(25(33)30-26-29-22(15-36-26)24(32)17-9-3-2-4-10-17)16-28(31(34)35)20-13-7-5-11-18(20)23(27)19-12-6-8-14-21(19)28/h2-15,23-24,32H,16H2,1H3,(H,29,30,33). The maximum atomic E-state index is 13.9. The first kappa shape index (κ1) is 22.6. The number of aliphatic hydroxyl groups excluding tert-OH is 1. The quantitative estimate of drug-likeness (QED) is 0.290. The molecule has 1 aromatic heterocycles. The minimum absolute atomic E-state index is 0.0440. The van der Waals surface area contributed by atoms with Crippen molar-refractivity contribution in [2.24, 2.45) is 5.41 Å². The number of hydrogen-bond donors (Lipinski definition) is 2. The summed E-state index contributed by atoms with van der Waals surface area (Å²) in [6.45, 7) is 1.81. The van der Waals surface area contributed by atoms with Gasteiger partial charge in [-0.25, -0.2) is 4.98 Å². The highest BCUT2D eigenvalue weighted by molar-refractivity contribution is 7.13. The van der Waals surface area contributed by atoms with Crippen LogP contribution in [0.2, 0.25) is 0 Å². The number of aromatic nitrogens is 1. The number of benzene rings is 3. The predicted molar refractivity (Wildman–Crippen MR) is 136 cm³/mol. The molecule has 7 rings (SSSR count). The van der Waals surface area contributed by atoms with Gasteiger partial charge in [-0.15, -0.1) is 11.3 Å². The Bertz CT molecular complexity index is 1450. The predicted octanol–water partition coefficient (Wildman–Crippen LogP) is 5.24. The second kappa shape index (κ2) is 8.08. The largest absolute Gasteiger partial charge is 0.382 e. The smallest absolute Gasteiger partial charge is 0.273 e. The number of hydrogen-bond acceptors (Lipinski definition) is 6. The number of nitrogens with one attached hydrogen (secondary N) is 1. The van der Waals surface area contributed by atoms with Crippen LogP contribution in [0.5, 0.6) is 0 Å². The fraction of sp³-hybridized carbons (Fsp3) is 0.214. The third kappa shape index (κ3) is 3.08. The second-order valence-corrected chi connectivity index (χ2v) is 10.5. The van der Waals surface area contributed by atoms with E-state index in [1.165, 1.54) is 11.3 Å². The summed E-state index contributed by atoms with van der Waals surface area (Å²) in [5.41, 5.74) is 1.50. The number of nitrogens with zero attached hydrogens (tertiary/aromatic N) is 2. The molecule has 2 unspecified atom stereocenters. The van der Waals surface area contributed by atoms with Crippen molar-refractivity contribution < 1.29 is 14.8 Å². The molecule has 0 radical (unpaired) electrons. The monoisotopic (exact) mass is 497 g/mol. The number of fused-ring (bicyclic) bond motifs is 1. The molecule has 2 N–H and O–H groups in total. The van der Waals surface area contributed by atoms with Crippen LogP contribution >= 0.6 is 11.3 Å². The van der Waals surface area contributed by atoms with Crippen LogP contribution in [0.1, 0.15) is 58.9 Å². The molecule has 3 aromatic carbocycles. The number of carbonyl (C=O) groups is 1. The molecular weight excluding hydrogens is 474 g/mol. The van der Waals surface area contributed by atoms with E-state index < -0.39 is 17.1 Å². The van der Waals surface area contributed by atoms with E-state index in [0.29, 0.717) is 27.5 Å². The second-order valence-electron chi connectivity index (χ2n) is 9.66. The topological polar surface area (TPSA) is 105 Å². The van der Waals surface area contributed by atoms with E-state index in [1.54, 1.807) is 5.38 Å². The van der Waals surface area contributed by atoms with E-state index in [0.717, 1.165) is 11.1 Å². The molecule has 180 valence electrons. The van der Waals surface area contributed by atoms with Crippen molar-refractivity contribution >= 4 is 22.4 Å². The van der Waals surface area contributed by atoms with Gasteiger partial charge in [0.25, 0.3) is 5.54 Å². The molecule has 1 heterocycles. The number of thiazole rings is 1. The molecule has 2 atom stereocenters. The van der Waals surface area contributed by atoms with E-state index in [1.807, 2.05) is 85.8 Å². The minimum atomic E-state index is -1.51. The summed E-state index contributed by atoms with van der Waals surface area (Å²) in [5.74, 6) is -0.654. The molecule has 7 nitrogen and oxygen atoms in total. The Kier molecular flexibility index (Phi) is 5.07. The zero-order chi connectivity index (χ0) is 25.1. The number of aliphatic hydroxyl groups is 1. The highest BCUT2D eigenvalue weighted by atomic mass is 32.1. The highest BCUT2D eigenvalue weighted by Gasteiger charge is 2.67. The van der Waals surface area contributed by atoms with Gasteiger partial charge in [0, 0.05) is 33.8 Å². The zero-order valence-electron chi connectivity index (χ0n) is 19.4. The van der Waals surface area contributed by atoms with Gasteiger partial charge < -0.3 is 10.4 Å². The van der Waals surface area contributed by atoms with Gasteiger partial charge in [-0.05, 0) is 23.6 Å². The first-order valence-electron chi connectivity index (χ1n) is 11.7. The molecule has 0 spiro atoms. The van der Waals surface area contributed by atoms with Crippen LogP contribution in [-0.2, 0) is 10.3 Å². The van der Waals surface area contributed by atoms with Crippen molar-refractivity contribution in [3.8, 4) is 0 Å². The minimum Gasteiger partial charge on any atom is -0.382 e. The Morgan fingerprint density at radius 1 is 1.06 bits per heavy atom. The molecule has 0 saturated heterocycles. The number of anilines is 1. The molecule has 0 aliphatic heterocycles. The first-order valence-corrected chi connectivity index (χ1v) is 12.6. The van der Waals surface area contributed by atoms with E-state index >= 15 is 0 Å². The van der Waals surface area contributed by atoms with Gasteiger partial charge in [0.2, 0.25) is 5.91 Å². The molecule has 2 bridgehead atoms. The summed E-state index contributed by atoms with van der Waals surface area (Å²) < 4.78 is 0. The van der Waals surface area contributed by atoms with Crippen molar-refractivity contribution in [3.05, 3.63) is 128 Å². The third-order valence-corrected chi connectivity index (χ3v) is 8.44. The Morgan fingerprint density at radius 2 is 1.64 bits per heavy atom. The van der Waals surface area contributed by atoms with Crippen molar-refractivity contribution in [3.63, 3.8) is 0 Å². The van der Waals surface area contributed by atoms with Gasteiger partial charge in [0.05, 0.1) is 11.1 Å². The van der Waals surface area contributed by atoms with Gasteiger partial charge in [-0.1, -0.05) is 78.9 Å². The van der Waals surface area contributed by atoms with Gasteiger partial charge in [-0.3, -0.25) is 14.9 Å². The Morgan fingerprint density at radius 3 is 2.25 bits per heavy atom. The fourth-order valence-corrected chi connectivity index (χ4v) is 6.79. The fourth-order valence-electron chi connectivity index (χ4n) is 6.06. The number of carbonyl (C=O) groups excluding carboxylic acids is 1. The van der Waals surface area contributed by atoms with Gasteiger partial charge in [0.1, 0.15) is 6.10 Å². The average molecular weight is 498 g/mol. The molecule has 4 aromatic rings. The van der Waals surface area contributed by atoms with Crippen LogP contribution in [0.15, 0.2) is 84.2 Å². The average Bonchev–Trinajstić information content (AvgIpc) is 3.37. The first-order chi connectivity index (χ1) is 17.4. The van der Waals surface area contributed by atoms with Crippen LogP contribution in [-0.4, -0.2) is 20.9 Å². The summed E-state index contributed by atoms with van der Waals surface area (Å²) in [7, 11) is 0. The zero-order valence-corrected chi connectivity index (χ0v) is 20.2. The number of rotatable bonds is 5. The summed E-state index contributed by atoms with van der Waals surface area (Å²) >= 11 is 1.22. The number of amides is 1. The van der Waals surface area contributed by atoms with Crippen molar-refractivity contribution in [2.75, 3.05) is 5.32 Å². The SMILES string of the molecule is CC1(C(=O)Nc2nc(C(O)c3ccccc3)cs2)CC2([N+](=O)[O-])c3ccccc3C1c1ccccc12. The molecule has 36 heavy (non-hydrogen) atoms. The van der Waals surface area contributed by atoms with Crippen molar-refractivity contribution in [2.45, 2.75) is 30.9 Å². The van der Waals surface area contributed by atoms with Crippen LogP contribution in [0.3, 0.4) is 0 Å². The summed E-state index contributed by atoms with van der Waals surface area (Å²) in [4.78, 5) is 30.9. The van der Waals surface area contributed by atoms with Crippen LogP contribution in [0.25, 0.3) is 0 Å².